The monoisotopic (exact) mass is 335 g/mol. The Morgan fingerprint density at radius 1 is 1.26 bits per heavy atom. The molecule has 2 rings (SSSR count). The third-order valence-corrected chi connectivity index (χ3v) is 4.26. The van der Waals surface area contributed by atoms with Crippen LogP contribution in [0.5, 0.6) is 0 Å². The summed E-state index contributed by atoms with van der Waals surface area (Å²) in [4.78, 5) is 12.3. The second kappa shape index (κ2) is 7.46. The number of benzene rings is 1. The summed E-state index contributed by atoms with van der Waals surface area (Å²) in [5.74, 6) is 0.621. The smallest absolute Gasteiger partial charge is 0.251 e. The molecule has 0 aliphatic heterocycles. The highest BCUT2D eigenvalue weighted by Gasteiger charge is 2.12. The number of sulfone groups is 1. The van der Waals surface area contributed by atoms with E-state index >= 15 is 0 Å². The Hall–Kier alpha value is -2.08. The van der Waals surface area contributed by atoms with Crippen LogP contribution in [0.15, 0.2) is 47.1 Å². The fourth-order valence-electron chi connectivity index (χ4n) is 2.30. The van der Waals surface area contributed by atoms with Crippen molar-refractivity contribution in [3.63, 3.8) is 0 Å². The molecule has 0 unspecified atom stereocenters. The van der Waals surface area contributed by atoms with E-state index in [0.29, 0.717) is 11.1 Å². The first kappa shape index (κ1) is 17.3. The normalized spacial score (nSPS) is 12.8. The van der Waals surface area contributed by atoms with Crippen molar-refractivity contribution in [2.24, 2.45) is 0 Å². The van der Waals surface area contributed by atoms with E-state index in [0.717, 1.165) is 18.6 Å². The van der Waals surface area contributed by atoms with Crippen LogP contribution in [-0.2, 0) is 22.0 Å². The van der Waals surface area contributed by atoms with Crippen molar-refractivity contribution in [2.75, 3.05) is 6.26 Å². The molecule has 0 saturated carbocycles. The van der Waals surface area contributed by atoms with Gasteiger partial charge in [-0.1, -0.05) is 12.1 Å². The predicted molar refractivity (Wildman–Crippen MR) is 88.9 cm³/mol. The molecule has 0 bridgehead atoms. The summed E-state index contributed by atoms with van der Waals surface area (Å²) in [7, 11) is -3.12. The summed E-state index contributed by atoms with van der Waals surface area (Å²) >= 11 is 0. The maximum atomic E-state index is 12.3. The minimum atomic E-state index is -3.12. The minimum Gasteiger partial charge on any atom is -0.469 e. The van der Waals surface area contributed by atoms with E-state index in [1.807, 2.05) is 19.1 Å². The first-order valence-corrected chi connectivity index (χ1v) is 9.49. The van der Waals surface area contributed by atoms with E-state index < -0.39 is 9.84 Å². The van der Waals surface area contributed by atoms with Gasteiger partial charge in [-0.3, -0.25) is 4.79 Å². The van der Waals surface area contributed by atoms with Crippen molar-refractivity contribution >= 4 is 15.7 Å². The molecular formula is C17H21NO4S. The molecule has 6 heteroatoms. The van der Waals surface area contributed by atoms with Crippen LogP contribution in [0.3, 0.4) is 0 Å². The van der Waals surface area contributed by atoms with E-state index in [2.05, 4.69) is 5.32 Å². The highest BCUT2D eigenvalue weighted by molar-refractivity contribution is 7.89. The molecule has 124 valence electrons. The zero-order valence-electron chi connectivity index (χ0n) is 13.3. The van der Waals surface area contributed by atoms with Crippen molar-refractivity contribution in [2.45, 2.75) is 31.6 Å². The van der Waals surface area contributed by atoms with E-state index in [4.69, 9.17) is 4.42 Å². The lowest BCUT2D eigenvalue weighted by Crippen LogP contribution is -2.32. The molecule has 1 aromatic heterocycles. The van der Waals surface area contributed by atoms with Gasteiger partial charge in [-0.25, -0.2) is 8.42 Å². The van der Waals surface area contributed by atoms with Gasteiger partial charge in [-0.15, -0.1) is 0 Å². The first-order valence-electron chi connectivity index (χ1n) is 7.43. The minimum absolute atomic E-state index is 0.00818. The predicted octanol–water partition coefficient (Wildman–Crippen LogP) is 2.58. The van der Waals surface area contributed by atoms with Gasteiger partial charge >= 0.3 is 0 Å². The molecule has 0 saturated heterocycles. The van der Waals surface area contributed by atoms with Gasteiger partial charge in [0.25, 0.3) is 5.91 Å². The third-order valence-electron chi connectivity index (χ3n) is 3.40. The Bertz CT molecular complexity index is 751. The van der Waals surface area contributed by atoms with Gasteiger partial charge in [0.2, 0.25) is 0 Å². The quantitative estimate of drug-likeness (QED) is 0.844. The molecule has 23 heavy (non-hydrogen) atoms. The molecule has 0 spiro atoms. The van der Waals surface area contributed by atoms with E-state index in [1.165, 1.54) is 6.26 Å². The fourth-order valence-corrected chi connectivity index (χ4v) is 3.08. The molecule has 2 aromatic rings. The molecule has 1 N–H and O–H groups in total. The van der Waals surface area contributed by atoms with Crippen LogP contribution < -0.4 is 5.32 Å². The average molecular weight is 335 g/mol. The van der Waals surface area contributed by atoms with Crippen LogP contribution in [-0.4, -0.2) is 26.6 Å². The molecule has 5 nitrogen and oxygen atoms in total. The second-order valence-electron chi connectivity index (χ2n) is 5.76. The van der Waals surface area contributed by atoms with Crippen LogP contribution >= 0.6 is 0 Å². The molecule has 1 atom stereocenters. The van der Waals surface area contributed by atoms with Gasteiger partial charge in [0.1, 0.15) is 5.76 Å². The summed E-state index contributed by atoms with van der Waals surface area (Å²) in [6.07, 6.45) is 4.33. The van der Waals surface area contributed by atoms with Crippen molar-refractivity contribution < 1.29 is 17.6 Å². The largest absolute Gasteiger partial charge is 0.469 e. The van der Waals surface area contributed by atoms with E-state index in [1.54, 1.807) is 30.5 Å². The number of carbonyl (C=O) groups excluding carboxylic acids is 1. The Labute approximate surface area is 136 Å². The summed E-state index contributed by atoms with van der Waals surface area (Å²) in [5, 5.41) is 2.92. The standard InChI is InChI=1S/C17H21NO4S/c1-13(8-9-16-7-4-10-22-16)18-17(19)15-6-3-5-14(11-15)12-23(2,20)21/h3-7,10-11,13H,8-9,12H2,1-2H3,(H,18,19)/t13-/m1/s1. The molecule has 1 aromatic carbocycles. The lowest BCUT2D eigenvalue weighted by Gasteiger charge is -2.13. The zero-order chi connectivity index (χ0) is 16.9. The van der Waals surface area contributed by atoms with Crippen molar-refractivity contribution in [3.05, 3.63) is 59.5 Å². The fraction of sp³-hybridized carbons (Fsp3) is 0.353. The Kier molecular flexibility index (Phi) is 5.60. The van der Waals surface area contributed by atoms with Crippen LogP contribution in [0.1, 0.15) is 35.0 Å². The molecule has 0 aliphatic rings. The summed E-state index contributed by atoms with van der Waals surface area (Å²) < 4.78 is 28.0. The maximum Gasteiger partial charge on any atom is 0.251 e. The van der Waals surface area contributed by atoms with Gasteiger partial charge in [-0.2, -0.15) is 0 Å². The van der Waals surface area contributed by atoms with Gasteiger partial charge in [0.15, 0.2) is 9.84 Å². The van der Waals surface area contributed by atoms with Gasteiger partial charge in [0.05, 0.1) is 12.0 Å². The Morgan fingerprint density at radius 3 is 2.70 bits per heavy atom. The summed E-state index contributed by atoms with van der Waals surface area (Å²) in [6.45, 7) is 1.93. The molecule has 1 heterocycles. The number of hydrogen-bond donors (Lipinski definition) is 1. The average Bonchev–Trinajstić information content (AvgIpc) is 2.97. The number of nitrogens with one attached hydrogen (secondary N) is 1. The maximum absolute atomic E-state index is 12.3. The number of rotatable bonds is 7. The van der Waals surface area contributed by atoms with Crippen molar-refractivity contribution in [3.8, 4) is 0 Å². The summed E-state index contributed by atoms with van der Waals surface area (Å²) in [5.41, 5.74) is 1.08. The lowest BCUT2D eigenvalue weighted by atomic mass is 10.1. The third kappa shape index (κ3) is 5.90. The molecule has 0 aliphatic carbocycles. The van der Waals surface area contributed by atoms with Crippen LogP contribution in [0.4, 0.5) is 0 Å². The van der Waals surface area contributed by atoms with Crippen LogP contribution in [0.2, 0.25) is 0 Å². The Morgan fingerprint density at radius 2 is 2.04 bits per heavy atom. The van der Waals surface area contributed by atoms with E-state index in [9.17, 15) is 13.2 Å². The molecular weight excluding hydrogens is 314 g/mol. The number of amides is 1. The van der Waals surface area contributed by atoms with Gasteiger partial charge in [0, 0.05) is 24.3 Å². The Balaban J connectivity index is 1.93. The molecule has 0 radical (unpaired) electrons. The highest BCUT2D eigenvalue weighted by Crippen LogP contribution is 2.10. The molecule has 1 amide bonds. The molecule has 0 fully saturated rings. The lowest BCUT2D eigenvalue weighted by molar-refractivity contribution is 0.0938. The van der Waals surface area contributed by atoms with Crippen molar-refractivity contribution in [1.82, 2.24) is 5.32 Å². The van der Waals surface area contributed by atoms with Gasteiger partial charge < -0.3 is 9.73 Å². The number of furan rings is 1. The highest BCUT2D eigenvalue weighted by atomic mass is 32.2. The zero-order valence-corrected chi connectivity index (χ0v) is 14.1. The van der Waals surface area contributed by atoms with Gasteiger partial charge in [-0.05, 0) is 43.2 Å². The van der Waals surface area contributed by atoms with Crippen LogP contribution in [0.25, 0.3) is 0 Å². The van der Waals surface area contributed by atoms with Crippen LogP contribution in [0, 0.1) is 0 Å². The number of hydrogen-bond acceptors (Lipinski definition) is 4. The number of carbonyl (C=O) groups is 1. The summed E-state index contributed by atoms with van der Waals surface area (Å²) in [6, 6.07) is 10.4. The van der Waals surface area contributed by atoms with E-state index in [-0.39, 0.29) is 17.7 Å². The van der Waals surface area contributed by atoms with Crippen molar-refractivity contribution in [1.29, 1.82) is 0 Å². The second-order valence-corrected chi connectivity index (χ2v) is 7.90. The number of aryl methyl sites for hydroxylation is 1. The first-order chi connectivity index (χ1) is 10.8. The SMILES string of the molecule is C[C@H](CCc1ccco1)NC(=O)c1cccc(CS(C)(=O)=O)c1. The topological polar surface area (TPSA) is 76.4 Å².